The SMILES string of the molecule is CCCCCC(CCCCC)=C(Cl)C(O)CC. The average molecular weight is 261 g/mol. The molecule has 0 saturated carbocycles. The minimum atomic E-state index is -0.449. The van der Waals surface area contributed by atoms with Crippen LogP contribution in [0.2, 0.25) is 0 Å². The molecule has 0 aliphatic heterocycles. The molecule has 0 saturated heterocycles. The van der Waals surface area contributed by atoms with Crippen LogP contribution in [0, 0.1) is 0 Å². The summed E-state index contributed by atoms with van der Waals surface area (Å²) in [6.07, 6.45) is 9.76. The van der Waals surface area contributed by atoms with Crippen molar-refractivity contribution in [3.05, 3.63) is 10.6 Å². The van der Waals surface area contributed by atoms with Gasteiger partial charge in [0, 0.05) is 5.03 Å². The number of unbranched alkanes of at least 4 members (excludes halogenated alkanes) is 4. The third kappa shape index (κ3) is 7.83. The van der Waals surface area contributed by atoms with Crippen molar-refractivity contribution in [1.82, 2.24) is 0 Å². The van der Waals surface area contributed by atoms with Crippen LogP contribution in [0.5, 0.6) is 0 Å². The Hall–Kier alpha value is -0.0100. The van der Waals surface area contributed by atoms with E-state index in [2.05, 4.69) is 13.8 Å². The normalized spacial score (nSPS) is 12.5. The van der Waals surface area contributed by atoms with Gasteiger partial charge in [-0.05, 0) is 32.1 Å². The van der Waals surface area contributed by atoms with E-state index in [0.29, 0.717) is 6.42 Å². The van der Waals surface area contributed by atoms with Gasteiger partial charge >= 0.3 is 0 Å². The molecule has 0 aromatic carbocycles. The van der Waals surface area contributed by atoms with Crippen molar-refractivity contribution in [2.24, 2.45) is 0 Å². The van der Waals surface area contributed by atoms with E-state index in [0.717, 1.165) is 17.9 Å². The maximum absolute atomic E-state index is 9.82. The van der Waals surface area contributed by atoms with Crippen LogP contribution in [0.25, 0.3) is 0 Å². The molecule has 0 rings (SSSR count). The van der Waals surface area contributed by atoms with Crippen LogP contribution >= 0.6 is 11.6 Å². The van der Waals surface area contributed by atoms with Gasteiger partial charge in [0.25, 0.3) is 0 Å². The second-order valence-corrected chi connectivity index (χ2v) is 5.20. The number of hydrogen-bond acceptors (Lipinski definition) is 1. The summed E-state index contributed by atoms with van der Waals surface area (Å²) in [5.41, 5.74) is 1.29. The smallest absolute Gasteiger partial charge is 0.0892 e. The fourth-order valence-electron chi connectivity index (χ4n) is 1.96. The highest BCUT2D eigenvalue weighted by Crippen LogP contribution is 2.25. The Bertz CT molecular complexity index is 199. The van der Waals surface area contributed by atoms with Crippen LogP contribution < -0.4 is 0 Å². The lowest BCUT2D eigenvalue weighted by Gasteiger charge is -2.14. The molecule has 0 aromatic heterocycles. The second kappa shape index (κ2) is 11.1. The first-order valence-corrected chi connectivity index (χ1v) is 7.60. The molecule has 0 bridgehead atoms. The lowest BCUT2D eigenvalue weighted by atomic mass is 9.99. The molecular formula is C15H29ClO. The number of halogens is 1. The van der Waals surface area contributed by atoms with Crippen molar-refractivity contribution in [3.8, 4) is 0 Å². The van der Waals surface area contributed by atoms with E-state index in [1.54, 1.807) is 0 Å². The first-order chi connectivity index (χ1) is 8.17. The van der Waals surface area contributed by atoms with Gasteiger partial charge in [-0.3, -0.25) is 0 Å². The highest BCUT2D eigenvalue weighted by atomic mass is 35.5. The van der Waals surface area contributed by atoms with Gasteiger partial charge in [-0.25, -0.2) is 0 Å². The fourth-order valence-corrected chi connectivity index (χ4v) is 2.30. The molecule has 1 nitrogen and oxygen atoms in total. The lowest BCUT2D eigenvalue weighted by molar-refractivity contribution is 0.212. The lowest BCUT2D eigenvalue weighted by Crippen LogP contribution is -2.07. The summed E-state index contributed by atoms with van der Waals surface area (Å²) in [7, 11) is 0. The van der Waals surface area contributed by atoms with E-state index in [4.69, 9.17) is 11.6 Å². The molecular weight excluding hydrogens is 232 g/mol. The molecule has 0 spiro atoms. The summed E-state index contributed by atoms with van der Waals surface area (Å²) >= 11 is 6.28. The summed E-state index contributed by atoms with van der Waals surface area (Å²) in [4.78, 5) is 0. The zero-order chi connectivity index (χ0) is 13.1. The zero-order valence-corrected chi connectivity index (χ0v) is 12.5. The van der Waals surface area contributed by atoms with Crippen LogP contribution in [0.15, 0.2) is 10.6 Å². The van der Waals surface area contributed by atoms with E-state index in [9.17, 15) is 5.11 Å². The standard InChI is InChI=1S/C15H29ClO/c1-4-7-9-11-13(12-10-8-5-2)15(16)14(17)6-3/h14,17H,4-12H2,1-3H3. The van der Waals surface area contributed by atoms with Crippen LogP contribution in [0.4, 0.5) is 0 Å². The molecule has 1 atom stereocenters. The summed E-state index contributed by atoms with van der Waals surface area (Å²) < 4.78 is 0. The van der Waals surface area contributed by atoms with E-state index >= 15 is 0 Å². The van der Waals surface area contributed by atoms with Crippen LogP contribution in [-0.2, 0) is 0 Å². The Kier molecular flexibility index (Phi) is 11.1. The molecule has 1 N–H and O–H groups in total. The molecule has 0 amide bonds. The number of hydrogen-bond donors (Lipinski definition) is 1. The molecule has 0 heterocycles. The van der Waals surface area contributed by atoms with Gasteiger partial charge < -0.3 is 5.11 Å². The Balaban J connectivity index is 4.35. The van der Waals surface area contributed by atoms with Crippen LogP contribution in [0.3, 0.4) is 0 Å². The van der Waals surface area contributed by atoms with Crippen molar-refractivity contribution in [1.29, 1.82) is 0 Å². The molecule has 2 heteroatoms. The second-order valence-electron chi connectivity index (χ2n) is 4.79. The molecule has 0 fully saturated rings. The molecule has 1 unspecified atom stereocenters. The molecule has 0 aromatic rings. The van der Waals surface area contributed by atoms with Crippen LogP contribution in [0.1, 0.15) is 78.6 Å². The van der Waals surface area contributed by atoms with Gasteiger partial charge in [0.2, 0.25) is 0 Å². The molecule has 0 aliphatic carbocycles. The topological polar surface area (TPSA) is 20.2 Å². The number of rotatable bonds is 10. The van der Waals surface area contributed by atoms with Gasteiger partial charge in [0.15, 0.2) is 0 Å². The maximum Gasteiger partial charge on any atom is 0.0892 e. The van der Waals surface area contributed by atoms with Gasteiger partial charge in [0.1, 0.15) is 0 Å². The minimum absolute atomic E-state index is 0.449. The first-order valence-electron chi connectivity index (χ1n) is 7.22. The highest BCUT2D eigenvalue weighted by molar-refractivity contribution is 6.30. The number of aliphatic hydroxyl groups is 1. The summed E-state index contributed by atoms with van der Waals surface area (Å²) in [6, 6.07) is 0. The van der Waals surface area contributed by atoms with Crippen molar-refractivity contribution in [3.63, 3.8) is 0 Å². The molecule has 0 aliphatic rings. The third-order valence-corrected chi connectivity index (χ3v) is 3.70. The Morgan fingerprint density at radius 3 is 1.76 bits per heavy atom. The van der Waals surface area contributed by atoms with Gasteiger partial charge in [0.05, 0.1) is 6.10 Å². The van der Waals surface area contributed by atoms with Crippen molar-refractivity contribution >= 4 is 11.6 Å². The molecule has 102 valence electrons. The van der Waals surface area contributed by atoms with E-state index in [-0.39, 0.29) is 0 Å². The van der Waals surface area contributed by atoms with Crippen molar-refractivity contribution in [2.45, 2.75) is 84.7 Å². The molecule has 0 radical (unpaired) electrons. The van der Waals surface area contributed by atoms with E-state index < -0.39 is 6.10 Å². The van der Waals surface area contributed by atoms with Crippen LogP contribution in [-0.4, -0.2) is 11.2 Å². The van der Waals surface area contributed by atoms with Gasteiger partial charge in [-0.15, -0.1) is 0 Å². The zero-order valence-electron chi connectivity index (χ0n) is 11.8. The van der Waals surface area contributed by atoms with E-state index in [1.807, 2.05) is 6.92 Å². The number of allylic oxidation sites excluding steroid dienone is 1. The Labute approximate surface area is 112 Å². The van der Waals surface area contributed by atoms with Gasteiger partial charge in [-0.2, -0.15) is 0 Å². The summed E-state index contributed by atoms with van der Waals surface area (Å²) in [5, 5.41) is 10.5. The minimum Gasteiger partial charge on any atom is -0.388 e. The Morgan fingerprint density at radius 1 is 0.941 bits per heavy atom. The number of aliphatic hydroxyl groups excluding tert-OH is 1. The highest BCUT2D eigenvalue weighted by Gasteiger charge is 2.11. The maximum atomic E-state index is 9.82. The summed E-state index contributed by atoms with van der Waals surface area (Å²) in [6.45, 7) is 6.40. The first kappa shape index (κ1) is 17.0. The molecule has 17 heavy (non-hydrogen) atoms. The summed E-state index contributed by atoms with van der Waals surface area (Å²) in [5.74, 6) is 0. The van der Waals surface area contributed by atoms with E-state index in [1.165, 1.54) is 44.1 Å². The Morgan fingerprint density at radius 2 is 1.41 bits per heavy atom. The predicted molar refractivity (Wildman–Crippen MR) is 77.5 cm³/mol. The largest absolute Gasteiger partial charge is 0.388 e. The monoisotopic (exact) mass is 260 g/mol. The third-order valence-electron chi connectivity index (χ3n) is 3.18. The quantitative estimate of drug-likeness (QED) is 0.521. The van der Waals surface area contributed by atoms with Crippen molar-refractivity contribution < 1.29 is 5.11 Å². The van der Waals surface area contributed by atoms with Crippen molar-refractivity contribution in [2.75, 3.05) is 0 Å². The van der Waals surface area contributed by atoms with Gasteiger partial charge in [-0.1, -0.05) is 63.6 Å². The predicted octanol–water partition coefficient (Wildman–Crippen LogP) is 5.41. The average Bonchev–Trinajstić information content (AvgIpc) is 2.35. The fraction of sp³-hybridized carbons (Fsp3) is 0.867.